The molecule has 0 saturated carbocycles. The maximum atomic E-state index is 11.6. The van der Waals surface area contributed by atoms with Gasteiger partial charge in [0.15, 0.2) is 15.5 Å². The van der Waals surface area contributed by atoms with Crippen molar-refractivity contribution in [1.82, 2.24) is 9.55 Å². The first-order valence-electron chi connectivity index (χ1n) is 7.15. The van der Waals surface area contributed by atoms with Crippen molar-refractivity contribution >= 4 is 27.4 Å². The van der Waals surface area contributed by atoms with Gasteiger partial charge in [0.05, 0.1) is 4.90 Å². The van der Waals surface area contributed by atoms with Crippen LogP contribution in [0.15, 0.2) is 59.6 Å². The first kappa shape index (κ1) is 17.2. The van der Waals surface area contributed by atoms with Crippen molar-refractivity contribution in [1.29, 1.82) is 0 Å². The molecule has 0 unspecified atom stereocenters. The van der Waals surface area contributed by atoms with Gasteiger partial charge in [-0.25, -0.2) is 18.2 Å². The molecule has 0 saturated heterocycles. The van der Waals surface area contributed by atoms with Crippen LogP contribution in [0.1, 0.15) is 10.5 Å². The average Bonchev–Trinajstić information content (AvgIpc) is 3.00. The smallest absolute Gasteiger partial charge is 0.356 e. The molecule has 8 heteroatoms. The Bertz CT molecular complexity index is 1040. The van der Waals surface area contributed by atoms with Gasteiger partial charge >= 0.3 is 5.97 Å². The highest BCUT2D eigenvalue weighted by atomic mass is 35.5. The molecule has 25 heavy (non-hydrogen) atoms. The Morgan fingerprint density at radius 3 is 2.20 bits per heavy atom. The highest BCUT2D eigenvalue weighted by Gasteiger charge is 2.16. The summed E-state index contributed by atoms with van der Waals surface area (Å²) in [5, 5.41) is 9.79. The summed E-state index contributed by atoms with van der Waals surface area (Å²) in [6.07, 6.45) is 2.53. The molecule has 0 amide bonds. The number of nitrogens with zero attached hydrogens (tertiary/aromatic N) is 2. The molecule has 0 aliphatic rings. The number of aromatic carboxylic acids is 1. The summed E-state index contributed by atoms with van der Waals surface area (Å²) in [5.74, 6) is -0.763. The van der Waals surface area contributed by atoms with Gasteiger partial charge in [0.2, 0.25) is 0 Å². The molecule has 1 heterocycles. The number of imidazole rings is 1. The van der Waals surface area contributed by atoms with Gasteiger partial charge in [-0.05, 0) is 48.5 Å². The number of hydrogen-bond donors (Lipinski definition) is 1. The minimum Gasteiger partial charge on any atom is -0.476 e. The van der Waals surface area contributed by atoms with E-state index in [9.17, 15) is 18.3 Å². The topological polar surface area (TPSA) is 89.3 Å². The highest BCUT2D eigenvalue weighted by Crippen LogP contribution is 2.25. The number of benzene rings is 2. The number of hydrogen-bond acceptors (Lipinski definition) is 4. The second-order valence-corrected chi connectivity index (χ2v) is 7.85. The van der Waals surface area contributed by atoms with Crippen LogP contribution < -0.4 is 0 Å². The second-order valence-electron chi connectivity index (χ2n) is 5.40. The largest absolute Gasteiger partial charge is 0.476 e. The summed E-state index contributed by atoms with van der Waals surface area (Å²) in [6.45, 7) is 0. The fraction of sp³-hybridized carbons (Fsp3) is 0.0588. The van der Waals surface area contributed by atoms with Gasteiger partial charge in [0, 0.05) is 28.7 Å². The van der Waals surface area contributed by atoms with Gasteiger partial charge in [-0.3, -0.25) is 4.57 Å². The van der Waals surface area contributed by atoms with Gasteiger partial charge in [-0.15, -0.1) is 0 Å². The minimum absolute atomic E-state index is 0.114. The van der Waals surface area contributed by atoms with Crippen molar-refractivity contribution in [2.75, 3.05) is 6.26 Å². The van der Waals surface area contributed by atoms with Crippen LogP contribution in [0, 0.1) is 0 Å². The lowest BCUT2D eigenvalue weighted by molar-refractivity contribution is 0.0691. The number of carboxylic acid groups (broad SMARTS) is 1. The maximum absolute atomic E-state index is 11.6. The van der Waals surface area contributed by atoms with Crippen LogP contribution in [0.25, 0.3) is 17.1 Å². The fourth-order valence-electron chi connectivity index (χ4n) is 2.34. The zero-order valence-corrected chi connectivity index (χ0v) is 14.6. The van der Waals surface area contributed by atoms with Crippen molar-refractivity contribution in [2.24, 2.45) is 0 Å². The number of aromatic nitrogens is 2. The van der Waals surface area contributed by atoms with E-state index in [-0.39, 0.29) is 10.6 Å². The van der Waals surface area contributed by atoms with Crippen molar-refractivity contribution in [3.05, 3.63) is 65.4 Å². The van der Waals surface area contributed by atoms with E-state index in [0.29, 0.717) is 22.1 Å². The Labute approximate surface area is 149 Å². The zero-order chi connectivity index (χ0) is 18.2. The van der Waals surface area contributed by atoms with Gasteiger partial charge in [0.25, 0.3) is 0 Å². The third kappa shape index (κ3) is 3.57. The SMILES string of the molecule is CS(=O)(=O)c1ccc(-c2nc(C(=O)O)cn2-c2ccc(Cl)cc2)cc1. The van der Waals surface area contributed by atoms with Gasteiger partial charge in [-0.2, -0.15) is 0 Å². The van der Waals surface area contributed by atoms with E-state index in [2.05, 4.69) is 4.98 Å². The van der Waals surface area contributed by atoms with Crippen LogP contribution >= 0.6 is 11.6 Å². The average molecular weight is 377 g/mol. The van der Waals surface area contributed by atoms with Crippen LogP contribution in [-0.2, 0) is 9.84 Å². The molecular weight excluding hydrogens is 364 g/mol. The number of sulfone groups is 1. The molecule has 0 radical (unpaired) electrons. The Balaban J connectivity index is 2.14. The first-order valence-corrected chi connectivity index (χ1v) is 9.42. The summed E-state index contributed by atoms with van der Waals surface area (Å²) < 4.78 is 24.8. The Morgan fingerprint density at radius 1 is 1.08 bits per heavy atom. The minimum atomic E-state index is -3.31. The fourth-order valence-corrected chi connectivity index (χ4v) is 3.09. The van der Waals surface area contributed by atoms with Crippen molar-refractivity contribution < 1.29 is 18.3 Å². The first-order chi connectivity index (χ1) is 11.8. The van der Waals surface area contributed by atoms with Crippen LogP contribution in [-0.4, -0.2) is 35.3 Å². The molecular formula is C17H13ClN2O4S. The summed E-state index contributed by atoms with van der Waals surface area (Å²) >= 11 is 5.90. The molecule has 1 N–H and O–H groups in total. The summed E-state index contributed by atoms with van der Waals surface area (Å²) in [4.78, 5) is 15.6. The summed E-state index contributed by atoms with van der Waals surface area (Å²) in [7, 11) is -3.31. The molecule has 3 rings (SSSR count). The zero-order valence-electron chi connectivity index (χ0n) is 13.0. The van der Waals surface area contributed by atoms with Crippen molar-refractivity contribution in [2.45, 2.75) is 4.90 Å². The maximum Gasteiger partial charge on any atom is 0.356 e. The van der Waals surface area contributed by atoms with E-state index >= 15 is 0 Å². The highest BCUT2D eigenvalue weighted by molar-refractivity contribution is 7.90. The molecule has 1 aromatic heterocycles. The van der Waals surface area contributed by atoms with E-state index in [1.165, 1.54) is 18.3 Å². The quantitative estimate of drug-likeness (QED) is 0.754. The normalized spacial score (nSPS) is 11.4. The third-order valence-corrected chi connectivity index (χ3v) is 4.95. The lowest BCUT2D eigenvalue weighted by atomic mass is 10.2. The van der Waals surface area contributed by atoms with Gasteiger partial charge in [0.1, 0.15) is 5.82 Å². The molecule has 0 bridgehead atoms. The molecule has 0 aliphatic carbocycles. The molecule has 0 fully saturated rings. The van der Waals surface area contributed by atoms with Gasteiger partial charge < -0.3 is 5.11 Å². The van der Waals surface area contributed by atoms with E-state index < -0.39 is 15.8 Å². The van der Waals surface area contributed by atoms with Crippen LogP contribution in [0.3, 0.4) is 0 Å². The molecule has 6 nitrogen and oxygen atoms in total. The number of carbonyl (C=O) groups is 1. The van der Waals surface area contributed by atoms with Gasteiger partial charge in [-0.1, -0.05) is 11.6 Å². The third-order valence-electron chi connectivity index (χ3n) is 3.57. The van der Waals surface area contributed by atoms with Crippen LogP contribution in [0.4, 0.5) is 0 Å². The molecule has 128 valence electrons. The molecule has 0 atom stereocenters. The Hall–Kier alpha value is -2.64. The number of carboxylic acids is 1. The molecule has 2 aromatic carbocycles. The molecule has 3 aromatic rings. The monoisotopic (exact) mass is 376 g/mol. The van der Waals surface area contributed by atoms with Crippen LogP contribution in [0.2, 0.25) is 5.02 Å². The van der Waals surface area contributed by atoms with E-state index in [0.717, 1.165) is 6.26 Å². The standard InChI is InChI=1S/C17H13ClN2O4S/c1-25(23,24)14-8-2-11(3-9-14)16-19-15(17(21)22)10-20(16)13-6-4-12(18)5-7-13/h2-10H,1H3,(H,21,22). The van der Waals surface area contributed by atoms with E-state index in [1.54, 1.807) is 41.0 Å². The predicted molar refractivity (Wildman–Crippen MR) is 94.1 cm³/mol. The molecule has 0 spiro atoms. The van der Waals surface area contributed by atoms with Crippen molar-refractivity contribution in [3.8, 4) is 17.1 Å². The summed E-state index contributed by atoms with van der Waals surface area (Å²) in [5.41, 5.74) is 1.17. The Morgan fingerprint density at radius 2 is 1.68 bits per heavy atom. The number of halogens is 1. The van der Waals surface area contributed by atoms with E-state index in [1.807, 2.05) is 0 Å². The van der Waals surface area contributed by atoms with Crippen LogP contribution in [0.5, 0.6) is 0 Å². The number of rotatable bonds is 4. The second kappa shape index (κ2) is 6.34. The predicted octanol–water partition coefficient (Wildman–Crippen LogP) is 3.29. The Kier molecular flexibility index (Phi) is 4.36. The lowest BCUT2D eigenvalue weighted by Gasteiger charge is -2.08. The lowest BCUT2D eigenvalue weighted by Crippen LogP contribution is -1.98. The summed E-state index contributed by atoms with van der Waals surface area (Å²) in [6, 6.07) is 13.0. The van der Waals surface area contributed by atoms with Crippen molar-refractivity contribution in [3.63, 3.8) is 0 Å². The van der Waals surface area contributed by atoms with E-state index in [4.69, 9.17) is 11.6 Å². The molecule has 0 aliphatic heterocycles.